The summed E-state index contributed by atoms with van der Waals surface area (Å²) in [5.41, 5.74) is 6.78. The second-order valence-corrected chi connectivity index (χ2v) is 5.29. The first-order valence-electron chi connectivity index (χ1n) is 5.03. The molecule has 2 heterocycles. The summed E-state index contributed by atoms with van der Waals surface area (Å²) in [5, 5.41) is 0. The predicted octanol–water partition coefficient (Wildman–Crippen LogP) is 1.21. The quantitative estimate of drug-likeness (QED) is 0.637. The van der Waals surface area contributed by atoms with Gasteiger partial charge in [-0.3, -0.25) is 4.90 Å². The zero-order valence-electron chi connectivity index (χ0n) is 8.27. The molecule has 12 heavy (non-hydrogen) atoms. The van der Waals surface area contributed by atoms with Crippen LogP contribution in [0.25, 0.3) is 0 Å². The molecule has 2 saturated heterocycles. The summed E-state index contributed by atoms with van der Waals surface area (Å²) < 4.78 is 0. The monoisotopic (exact) mass is 168 g/mol. The van der Waals surface area contributed by atoms with Gasteiger partial charge in [-0.1, -0.05) is 13.8 Å². The molecule has 0 amide bonds. The largest absolute Gasteiger partial charge is 0.329 e. The molecule has 1 atom stereocenters. The van der Waals surface area contributed by atoms with Crippen molar-refractivity contribution in [3.63, 3.8) is 0 Å². The maximum atomic E-state index is 5.89. The molecule has 2 nitrogen and oxygen atoms in total. The van der Waals surface area contributed by atoms with E-state index in [-0.39, 0.29) is 0 Å². The lowest BCUT2D eigenvalue weighted by Gasteiger charge is -2.30. The van der Waals surface area contributed by atoms with Crippen LogP contribution in [0.3, 0.4) is 0 Å². The fraction of sp³-hybridized carbons (Fsp3) is 1.00. The molecule has 0 spiro atoms. The van der Waals surface area contributed by atoms with Crippen molar-refractivity contribution in [2.75, 3.05) is 19.6 Å². The van der Waals surface area contributed by atoms with Gasteiger partial charge in [0, 0.05) is 18.6 Å². The van der Waals surface area contributed by atoms with Gasteiger partial charge in [-0.15, -0.1) is 0 Å². The van der Waals surface area contributed by atoms with E-state index in [0.29, 0.717) is 11.0 Å². The van der Waals surface area contributed by atoms with Gasteiger partial charge in [-0.2, -0.15) is 0 Å². The van der Waals surface area contributed by atoms with Gasteiger partial charge in [0.25, 0.3) is 0 Å². The Hall–Kier alpha value is -0.0800. The van der Waals surface area contributed by atoms with Gasteiger partial charge in [0.1, 0.15) is 0 Å². The maximum Gasteiger partial charge on any atom is 0.0338 e. The molecule has 70 valence electrons. The highest BCUT2D eigenvalue weighted by molar-refractivity contribution is 5.06. The molecule has 2 aliphatic rings. The fourth-order valence-electron chi connectivity index (χ4n) is 3.21. The molecule has 2 heteroatoms. The Morgan fingerprint density at radius 1 is 1.42 bits per heavy atom. The second kappa shape index (κ2) is 2.46. The van der Waals surface area contributed by atoms with Crippen molar-refractivity contribution in [3.8, 4) is 0 Å². The summed E-state index contributed by atoms with van der Waals surface area (Å²) in [6, 6.07) is 0. The molecule has 0 saturated carbocycles. The average Bonchev–Trinajstić information content (AvgIpc) is 2.40. The van der Waals surface area contributed by atoms with Crippen LogP contribution >= 0.6 is 0 Å². The van der Waals surface area contributed by atoms with Crippen molar-refractivity contribution in [1.82, 2.24) is 4.90 Å². The van der Waals surface area contributed by atoms with Crippen molar-refractivity contribution < 1.29 is 0 Å². The van der Waals surface area contributed by atoms with E-state index in [1.807, 2.05) is 0 Å². The first-order valence-corrected chi connectivity index (χ1v) is 5.03. The van der Waals surface area contributed by atoms with Gasteiger partial charge in [0.15, 0.2) is 0 Å². The highest BCUT2D eigenvalue weighted by Crippen LogP contribution is 2.46. The van der Waals surface area contributed by atoms with E-state index >= 15 is 0 Å². The molecule has 2 N–H and O–H groups in total. The summed E-state index contributed by atoms with van der Waals surface area (Å²) in [4.78, 5) is 2.62. The standard InChI is InChI=1S/C10H20N2/c1-9(2)6-10(7-11)4-3-5-12(10)8-9/h3-8,11H2,1-2H3. The van der Waals surface area contributed by atoms with E-state index in [1.165, 1.54) is 32.4 Å². The molecule has 1 unspecified atom stereocenters. The van der Waals surface area contributed by atoms with Crippen molar-refractivity contribution in [2.24, 2.45) is 11.1 Å². The third kappa shape index (κ3) is 1.09. The third-order valence-corrected chi connectivity index (χ3v) is 3.55. The first-order chi connectivity index (χ1) is 5.58. The average molecular weight is 168 g/mol. The Balaban J connectivity index is 2.20. The van der Waals surface area contributed by atoms with Crippen molar-refractivity contribution in [2.45, 2.75) is 38.6 Å². The smallest absolute Gasteiger partial charge is 0.0338 e. The molecule has 2 fully saturated rings. The Labute approximate surface area is 75.1 Å². The lowest BCUT2D eigenvalue weighted by Crippen LogP contribution is -2.44. The molecule has 2 aliphatic heterocycles. The van der Waals surface area contributed by atoms with Crippen LogP contribution in [0.2, 0.25) is 0 Å². The first kappa shape index (κ1) is 8.52. The highest BCUT2D eigenvalue weighted by Gasteiger charge is 2.50. The number of hydrogen-bond acceptors (Lipinski definition) is 2. The lowest BCUT2D eigenvalue weighted by atomic mass is 9.82. The zero-order valence-corrected chi connectivity index (χ0v) is 8.27. The molecule has 0 aromatic rings. The fourth-order valence-corrected chi connectivity index (χ4v) is 3.21. The second-order valence-electron chi connectivity index (χ2n) is 5.29. The molecule has 0 aliphatic carbocycles. The summed E-state index contributed by atoms with van der Waals surface area (Å²) in [6.07, 6.45) is 3.98. The lowest BCUT2D eigenvalue weighted by molar-refractivity contribution is 0.203. The van der Waals surface area contributed by atoms with Gasteiger partial charge in [0.2, 0.25) is 0 Å². The summed E-state index contributed by atoms with van der Waals surface area (Å²) >= 11 is 0. The minimum absolute atomic E-state index is 0.392. The minimum Gasteiger partial charge on any atom is -0.329 e. The van der Waals surface area contributed by atoms with E-state index in [4.69, 9.17) is 5.73 Å². The summed E-state index contributed by atoms with van der Waals surface area (Å²) in [5.74, 6) is 0. The van der Waals surface area contributed by atoms with Gasteiger partial charge in [0.05, 0.1) is 0 Å². The van der Waals surface area contributed by atoms with Crippen molar-refractivity contribution in [1.29, 1.82) is 0 Å². The van der Waals surface area contributed by atoms with Crippen LogP contribution in [0.5, 0.6) is 0 Å². The molecule has 0 aromatic carbocycles. The normalized spacial score (nSPS) is 40.2. The van der Waals surface area contributed by atoms with Crippen LogP contribution in [0, 0.1) is 5.41 Å². The van der Waals surface area contributed by atoms with E-state index in [0.717, 1.165) is 6.54 Å². The summed E-state index contributed by atoms with van der Waals surface area (Å²) in [6.45, 7) is 8.12. The van der Waals surface area contributed by atoms with Crippen molar-refractivity contribution >= 4 is 0 Å². The van der Waals surface area contributed by atoms with Crippen LogP contribution in [0.15, 0.2) is 0 Å². The van der Waals surface area contributed by atoms with Crippen molar-refractivity contribution in [3.05, 3.63) is 0 Å². The minimum atomic E-state index is 0.392. The van der Waals surface area contributed by atoms with E-state index in [9.17, 15) is 0 Å². The topological polar surface area (TPSA) is 29.3 Å². The Morgan fingerprint density at radius 3 is 2.75 bits per heavy atom. The van der Waals surface area contributed by atoms with E-state index < -0.39 is 0 Å². The van der Waals surface area contributed by atoms with Crippen LogP contribution in [0.4, 0.5) is 0 Å². The molecule has 2 rings (SSSR count). The Bertz CT molecular complexity index is 188. The summed E-state index contributed by atoms with van der Waals surface area (Å²) in [7, 11) is 0. The van der Waals surface area contributed by atoms with Crippen LogP contribution < -0.4 is 5.73 Å². The molecule has 0 radical (unpaired) electrons. The van der Waals surface area contributed by atoms with Crippen LogP contribution in [0.1, 0.15) is 33.1 Å². The number of nitrogens with two attached hydrogens (primary N) is 1. The SMILES string of the molecule is CC1(C)CN2CCCC2(CN)C1. The van der Waals surface area contributed by atoms with Crippen LogP contribution in [-0.2, 0) is 0 Å². The Morgan fingerprint density at radius 2 is 2.17 bits per heavy atom. The van der Waals surface area contributed by atoms with E-state index in [2.05, 4.69) is 18.7 Å². The number of hydrogen-bond donors (Lipinski definition) is 1. The number of nitrogens with zero attached hydrogens (tertiary/aromatic N) is 1. The van der Waals surface area contributed by atoms with Gasteiger partial charge < -0.3 is 5.73 Å². The van der Waals surface area contributed by atoms with Gasteiger partial charge in [-0.25, -0.2) is 0 Å². The van der Waals surface area contributed by atoms with E-state index in [1.54, 1.807) is 0 Å². The zero-order chi connectivity index (χ0) is 8.82. The highest BCUT2D eigenvalue weighted by atomic mass is 15.3. The molecule has 0 bridgehead atoms. The third-order valence-electron chi connectivity index (χ3n) is 3.55. The van der Waals surface area contributed by atoms with Gasteiger partial charge >= 0.3 is 0 Å². The molecular formula is C10H20N2. The molecular weight excluding hydrogens is 148 g/mol. The molecule has 0 aromatic heterocycles. The predicted molar refractivity (Wildman–Crippen MR) is 51.0 cm³/mol. The van der Waals surface area contributed by atoms with Gasteiger partial charge in [-0.05, 0) is 31.2 Å². The maximum absolute atomic E-state index is 5.89. The number of rotatable bonds is 1. The van der Waals surface area contributed by atoms with Crippen LogP contribution in [-0.4, -0.2) is 30.1 Å². The Kier molecular flexibility index (Phi) is 1.74. The number of fused-ring (bicyclic) bond motifs is 1.